The fourth-order valence-corrected chi connectivity index (χ4v) is 3.93. The van der Waals surface area contributed by atoms with Gasteiger partial charge in [0.25, 0.3) is 0 Å². The molecule has 2 atom stereocenters. The van der Waals surface area contributed by atoms with E-state index in [1.165, 1.54) is 17.0 Å². The topological polar surface area (TPSA) is 107 Å². The van der Waals surface area contributed by atoms with Gasteiger partial charge >= 0.3 is 18.7 Å². The molecule has 1 aliphatic heterocycles. The van der Waals surface area contributed by atoms with E-state index < -0.39 is 49.0 Å². The average Bonchev–Trinajstić information content (AvgIpc) is 2.78. The van der Waals surface area contributed by atoms with E-state index in [2.05, 4.69) is 19.8 Å². The molecule has 0 spiro atoms. The van der Waals surface area contributed by atoms with Gasteiger partial charge in [-0.1, -0.05) is 38.1 Å². The van der Waals surface area contributed by atoms with E-state index >= 15 is 0 Å². The summed E-state index contributed by atoms with van der Waals surface area (Å²) >= 11 is 0. The fraction of sp³-hybridized carbons (Fsp3) is 0.417. The Labute approximate surface area is 201 Å². The van der Waals surface area contributed by atoms with Gasteiger partial charge in [0.15, 0.2) is 6.61 Å². The minimum absolute atomic E-state index is 0.0634. The lowest BCUT2D eigenvalue weighted by Crippen LogP contribution is -2.62. The quantitative estimate of drug-likeness (QED) is 0.559. The van der Waals surface area contributed by atoms with Crippen LogP contribution in [0.4, 0.5) is 19.3 Å². The Balaban J connectivity index is 1.90. The highest BCUT2D eigenvalue weighted by Gasteiger charge is 2.49. The molecule has 1 aliphatic rings. The first-order valence-electron chi connectivity index (χ1n) is 10.9. The van der Waals surface area contributed by atoms with Gasteiger partial charge in [-0.05, 0) is 36.1 Å². The first-order valence-corrected chi connectivity index (χ1v) is 10.9. The second kappa shape index (κ2) is 11.1. The number of likely N-dealkylation sites (tertiary alicyclic amines) is 1. The summed E-state index contributed by atoms with van der Waals surface area (Å²) in [7, 11) is 1.16. The largest absolute Gasteiger partial charge is 0.466 e. The van der Waals surface area contributed by atoms with Crippen molar-refractivity contribution < 1.29 is 37.4 Å². The Bertz CT molecular complexity index is 1090. The number of anilines is 1. The number of aromatic nitrogens is 1. The third kappa shape index (κ3) is 6.03. The highest BCUT2D eigenvalue weighted by molar-refractivity contribution is 5.99. The number of hydrogen-bond acceptors (Lipinski definition) is 7. The Morgan fingerprint density at radius 1 is 1.17 bits per heavy atom. The number of alkyl halides is 2. The van der Waals surface area contributed by atoms with Crippen LogP contribution in [0.5, 0.6) is 5.88 Å². The van der Waals surface area contributed by atoms with Crippen molar-refractivity contribution in [2.75, 3.05) is 25.6 Å². The zero-order valence-electron chi connectivity index (χ0n) is 19.8. The fourth-order valence-electron chi connectivity index (χ4n) is 3.93. The van der Waals surface area contributed by atoms with E-state index in [9.17, 15) is 23.2 Å². The van der Waals surface area contributed by atoms with Gasteiger partial charge in [0, 0.05) is 18.2 Å². The molecule has 0 aliphatic carbocycles. The number of carbonyl (C=O) groups excluding carboxylic acids is 3. The highest BCUT2D eigenvalue weighted by atomic mass is 19.3. The lowest BCUT2D eigenvalue weighted by molar-refractivity contribution is -0.144. The molecule has 0 bridgehead atoms. The number of nitrogens with zero attached hydrogens (tertiary/aromatic N) is 2. The van der Waals surface area contributed by atoms with Crippen LogP contribution in [0.2, 0.25) is 0 Å². The maximum absolute atomic E-state index is 13.4. The van der Waals surface area contributed by atoms with Crippen LogP contribution in [0.3, 0.4) is 0 Å². The molecule has 2 heterocycles. The van der Waals surface area contributed by atoms with E-state index in [0.29, 0.717) is 5.69 Å². The SMILES string of the molecule is COC(=O)COC(=O)N1CC(c2ccccc2C(C)C)C1C(=O)Nc1ccc(C)nc1OC(F)F. The third-order valence-corrected chi connectivity index (χ3v) is 5.63. The van der Waals surface area contributed by atoms with Crippen molar-refractivity contribution in [3.05, 3.63) is 53.2 Å². The van der Waals surface area contributed by atoms with Crippen molar-refractivity contribution in [2.45, 2.75) is 45.3 Å². The molecule has 1 fully saturated rings. The van der Waals surface area contributed by atoms with Gasteiger partial charge < -0.3 is 19.5 Å². The number of benzene rings is 1. The molecule has 2 amide bonds. The number of esters is 1. The maximum atomic E-state index is 13.4. The molecule has 2 unspecified atom stereocenters. The Morgan fingerprint density at radius 3 is 2.54 bits per heavy atom. The number of aryl methyl sites for hydroxylation is 1. The summed E-state index contributed by atoms with van der Waals surface area (Å²) in [6, 6.07) is 9.46. The van der Waals surface area contributed by atoms with Crippen LogP contribution in [0.25, 0.3) is 0 Å². The zero-order chi connectivity index (χ0) is 25.7. The van der Waals surface area contributed by atoms with Crippen molar-refractivity contribution in [2.24, 2.45) is 0 Å². The molecule has 1 aromatic heterocycles. The number of hydrogen-bond donors (Lipinski definition) is 1. The maximum Gasteiger partial charge on any atom is 0.411 e. The number of rotatable bonds is 8. The molecule has 3 rings (SSSR count). The first kappa shape index (κ1) is 25.9. The summed E-state index contributed by atoms with van der Waals surface area (Å²) in [6.45, 7) is 2.03. The van der Waals surface area contributed by atoms with Crippen LogP contribution in [-0.4, -0.2) is 60.8 Å². The second-order valence-electron chi connectivity index (χ2n) is 8.29. The van der Waals surface area contributed by atoms with Crippen molar-refractivity contribution in [1.29, 1.82) is 0 Å². The van der Waals surface area contributed by atoms with Crippen molar-refractivity contribution in [3.63, 3.8) is 0 Å². The van der Waals surface area contributed by atoms with Crippen LogP contribution in [0.15, 0.2) is 36.4 Å². The first-order chi connectivity index (χ1) is 16.6. The van der Waals surface area contributed by atoms with Crippen molar-refractivity contribution in [3.8, 4) is 5.88 Å². The summed E-state index contributed by atoms with van der Waals surface area (Å²) in [4.78, 5) is 42.5. The van der Waals surface area contributed by atoms with Gasteiger partial charge in [-0.15, -0.1) is 0 Å². The van der Waals surface area contributed by atoms with Crippen LogP contribution in [0.1, 0.15) is 42.5 Å². The van der Waals surface area contributed by atoms with Crippen LogP contribution >= 0.6 is 0 Å². The number of amides is 2. The smallest absolute Gasteiger partial charge is 0.411 e. The molecule has 188 valence electrons. The standard InChI is InChI=1S/C24H27F2N3O6/c1-13(2)15-7-5-6-8-16(15)17-11-29(24(32)34-12-19(30)33-4)20(17)21(31)28-18-10-9-14(3)27-22(18)35-23(25)26/h5-10,13,17,20,23H,11-12H2,1-4H3,(H,28,31). The Kier molecular flexibility index (Phi) is 8.21. The highest BCUT2D eigenvalue weighted by Crippen LogP contribution is 2.39. The van der Waals surface area contributed by atoms with Gasteiger partial charge in [-0.25, -0.2) is 14.6 Å². The van der Waals surface area contributed by atoms with E-state index in [-0.39, 0.29) is 18.2 Å². The van der Waals surface area contributed by atoms with Gasteiger partial charge in [0.05, 0.1) is 7.11 Å². The molecular formula is C24H27F2N3O6. The summed E-state index contributed by atoms with van der Waals surface area (Å²) in [6.07, 6.45) is -0.875. The average molecular weight is 491 g/mol. The molecule has 0 saturated carbocycles. The number of pyridine rings is 1. The number of methoxy groups -OCH3 is 1. The summed E-state index contributed by atoms with van der Waals surface area (Å²) in [5, 5.41) is 2.55. The summed E-state index contributed by atoms with van der Waals surface area (Å²) < 4.78 is 39.7. The van der Waals surface area contributed by atoms with E-state index in [1.807, 2.05) is 38.1 Å². The van der Waals surface area contributed by atoms with Gasteiger partial charge in [0.2, 0.25) is 11.8 Å². The zero-order valence-corrected chi connectivity index (χ0v) is 19.8. The third-order valence-electron chi connectivity index (χ3n) is 5.63. The molecule has 35 heavy (non-hydrogen) atoms. The van der Waals surface area contributed by atoms with Crippen LogP contribution in [-0.2, 0) is 19.1 Å². The second-order valence-corrected chi connectivity index (χ2v) is 8.29. The van der Waals surface area contributed by atoms with E-state index in [1.54, 1.807) is 6.92 Å². The van der Waals surface area contributed by atoms with Crippen molar-refractivity contribution in [1.82, 2.24) is 9.88 Å². The van der Waals surface area contributed by atoms with Gasteiger partial charge in [0.1, 0.15) is 11.7 Å². The van der Waals surface area contributed by atoms with Crippen LogP contribution < -0.4 is 10.1 Å². The predicted molar refractivity (Wildman–Crippen MR) is 121 cm³/mol. The molecule has 9 nitrogen and oxygen atoms in total. The normalized spacial score (nSPS) is 17.1. The Hall–Kier alpha value is -3.76. The number of carbonyl (C=O) groups is 3. The molecule has 2 aromatic rings. The Morgan fingerprint density at radius 2 is 1.89 bits per heavy atom. The molecular weight excluding hydrogens is 464 g/mol. The lowest BCUT2D eigenvalue weighted by Gasteiger charge is -2.46. The van der Waals surface area contributed by atoms with Gasteiger partial charge in [-0.2, -0.15) is 8.78 Å². The molecule has 11 heteroatoms. The number of halogens is 2. The monoisotopic (exact) mass is 491 g/mol. The summed E-state index contributed by atoms with van der Waals surface area (Å²) in [5.41, 5.74) is 2.24. The van der Waals surface area contributed by atoms with E-state index in [0.717, 1.165) is 18.2 Å². The summed E-state index contributed by atoms with van der Waals surface area (Å²) in [5.74, 6) is -2.06. The minimum Gasteiger partial charge on any atom is -0.466 e. The molecule has 1 aromatic carbocycles. The van der Waals surface area contributed by atoms with Crippen LogP contribution in [0, 0.1) is 6.92 Å². The minimum atomic E-state index is -3.14. The number of nitrogens with one attached hydrogen (secondary N) is 1. The molecule has 1 N–H and O–H groups in total. The lowest BCUT2D eigenvalue weighted by atomic mass is 9.78. The molecule has 1 saturated heterocycles. The molecule has 0 radical (unpaired) electrons. The predicted octanol–water partition coefficient (Wildman–Crippen LogP) is 3.83. The van der Waals surface area contributed by atoms with Gasteiger partial charge in [-0.3, -0.25) is 9.69 Å². The number of ether oxygens (including phenoxy) is 3. The van der Waals surface area contributed by atoms with Crippen molar-refractivity contribution >= 4 is 23.7 Å². The van der Waals surface area contributed by atoms with E-state index in [4.69, 9.17) is 4.74 Å².